The van der Waals surface area contributed by atoms with E-state index in [9.17, 15) is 14.9 Å². The van der Waals surface area contributed by atoms with Crippen LogP contribution in [0.4, 0.5) is 5.69 Å². The number of hydrogen-bond acceptors (Lipinski definition) is 9. The molecule has 0 saturated carbocycles. The fraction of sp³-hybridized carbons (Fsp3) is 0.233. The van der Waals surface area contributed by atoms with Gasteiger partial charge in [-0.05, 0) is 56.7 Å². The summed E-state index contributed by atoms with van der Waals surface area (Å²) in [7, 11) is 1.56. The highest BCUT2D eigenvalue weighted by Crippen LogP contribution is 2.39. The number of furan rings is 1. The summed E-state index contributed by atoms with van der Waals surface area (Å²) in [5.41, 5.74) is 0.629. The van der Waals surface area contributed by atoms with Crippen molar-refractivity contribution < 1.29 is 23.6 Å². The van der Waals surface area contributed by atoms with E-state index in [0.717, 1.165) is 4.68 Å². The lowest BCUT2D eigenvalue weighted by Gasteiger charge is -2.16. The molecule has 2 aromatic heterocycles. The number of methoxy groups -OCH3 is 1. The van der Waals surface area contributed by atoms with Crippen molar-refractivity contribution in [2.24, 2.45) is 5.10 Å². The molecule has 0 unspecified atom stereocenters. The first kappa shape index (κ1) is 27.4. The van der Waals surface area contributed by atoms with Crippen molar-refractivity contribution >= 4 is 33.8 Å². The molecular weight excluding hydrogens is 528 g/mol. The van der Waals surface area contributed by atoms with Crippen LogP contribution in [0.15, 0.2) is 75.0 Å². The average molecular weight is 557 g/mol. The lowest BCUT2D eigenvalue weighted by molar-refractivity contribution is -0.386. The molecule has 11 nitrogen and oxygen atoms in total. The predicted molar refractivity (Wildman–Crippen MR) is 155 cm³/mol. The molecule has 0 N–H and O–H groups in total. The van der Waals surface area contributed by atoms with Gasteiger partial charge in [0.2, 0.25) is 11.6 Å². The van der Waals surface area contributed by atoms with Gasteiger partial charge in [-0.15, -0.1) is 0 Å². The fourth-order valence-corrected chi connectivity index (χ4v) is 4.32. The van der Waals surface area contributed by atoms with Gasteiger partial charge in [0, 0.05) is 11.6 Å². The second kappa shape index (κ2) is 11.5. The molecule has 11 heteroatoms. The van der Waals surface area contributed by atoms with E-state index in [4.69, 9.17) is 18.6 Å². The summed E-state index contributed by atoms with van der Waals surface area (Å²) in [4.78, 5) is 29.8. The number of rotatable bonds is 10. The summed E-state index contributed by atoms with van der Waals surface area (Å²) >= 11 is 0. The topological polar surface area (TPSA) is 131 Å². The van der Waals surface area contributed by atoms with Crippen LogP contribution in [-0.4, -0.2) is 40.6 Å². The van der Waals surface area contributed by atoms with E-state index in [-0.39, 0.29) is 35.7 Å². The molecule has 0 aliphatic heterocycles. The second-order valence-corrected chi connectivity index (χ2v) is 9.19. The molecule has 2 heterocycles. The SMILES string of the molecule is CCOc1cc(C=Nn2c(-c3cc4c(OC)cccc4o3)nc3ccccc3c2=O)cc([N+](=O)[O-])c1O[C@@H](C)CC. The largest absolute Gasteiger partial charge is 0.496 e. The molecule has 0 aliphatic carbocycles. The van der Waals surface area contributed by atoms with E-state index in [2.05, 4.69) is 10.1 Å². The van der Waals surface area contributed by atoms with Crippen LogP contribution in [0.2, 0.25) is 0 Å². The molecule has 3 aromatic carbocycles. The highest BCUT2D eigenvalue weighted by molar-refractivity contribution is 5.89. The first-order valence-electron chi connectivity index (χ1n) is 13.1. The summed E-state index contributed by atoms with van der Waals surface area (Å²) in [5, 5.41) is 17.5. The number of ether oxygens (including phenoxy) is 3. The van der Waals surface area contributed by atoms with Gasteiger partial charge < -0.3 is 18.6 Å². The van der Waals surface area contributed by atoms with Crippen LogP contribution in [0, 0.1) is 10.1 Å². The third kappa shape index (κ3) is 5.33. The van der Waals surface area contributed by atoms with Gasteiger partial charge >= 0.3 is 5.69 Å². The quantitative estimate of drug-likeness (QED) is 0.113. The third-order valence-electron chi connectivity index (χ3n) is 6.49. The van der Waals surface area contributed by atoms with Gasteiger partial charge in [-0.25, -0.2) is 4.98 Å². The van der Waals surface area contributed by atoms with Crippen molar-refractivity contribution in [3.63, 3.8) is 0 Å². The predicted octanol–water partition coefficient (Wildman–Crippen LogP) is 6.18. The lowest BCUT2D eigenvalue weighted by atomic mass is 10.1. The zero-order valence-corrected chi connectivity index (χ0v) is 23.0. The minimum Gasteiger partial charge on any atom is -0.496 e. The molecule has 5 aromatic rings. The number of nitro groups is 1. The molecule has 41 heavy (non-hydrogen) atoms. The maximum absolute atomic E-state index is 13.6. The molecule has 210 valence electrons. The molecule has 0 spiro atoms. The number of para-hydroxylation sites is 1. The first-order chi connectivity index (χ1) is 19.8. The molecule has 0 aliphatic rings. The number of aromatic nitrogens is 2. The van der Waals surface area contributed by atoms with Crippen molar-refractivity contribution in [1.29, 1.82) is 0 Å². The lowest BCUT2D eigenvalue weighted by Crippen LogP contribution is -2.20. The number of nitrogens with zero attached hydrogens (tertiary/aromatic N) is 4. The Balaban J connectivity index is 1.68. The van der Waals surface area contributed by atoms with Gasteiger partial charge in [-0.1, -0.05) is 25.1 Å². The highest BCUT2D eigenvalue weighted by atomic mass is 16.6. The van der Waals surface area contributed by atoms with E-state index in [0.29, 0.717) is 45.4 Å². The van der Waals surface area contributed by atoms with Gasteiger partial charge in [-0.3, -0.25) is 14.9 Å². The Labute approximate surface area is 234 Å². The highest BCUT2D eigenvalue weighted by Gasteiger charge is 2.24. The van der Waals surface area contributed by atoms with Gasteiger partial charge in [0.25, 0.3) is 5.56 Å². The Kier molecular flexibility index (Phi) is 7.68. The maximum Gasteiger partial charge on any atom is 0.315 e. The van der Waals surface area contributed by atoms with E-state index in [1.54, 1.807) is 68.6 Å². The van der Waals surface area contributed by atoms with E-state index < -0.39 is 10.5 Å². The van der Waals surface area contributed by atoms with Crippen LogP contribution in [0.1, 0.15) is 32.8 Å². The Morgan fingerprint density at radius 3 is 2.63 bits per heavy atom. The van der Waals surface area contributed by atoms with Gasteiger partial charge in [0.05, 0.1) is 47.2 Å². The molecule has 1 atom stereocenters. The zero-order chi connectivity index (χ0) is 29.1. The van der Waals surface area contributed by atoms with Gasteiger partial charge in [-0.2, -0.15) is 9.78 Å². The number of benzene rings is 3. The minimum atomic E-state index is -0.533. The molecule has 0 radical (unpaired) electrons. The summed E-state index contributed by atoms with van der Waals surface area (Å²) in [6.07, 6.45) is 1.73. The van der Waals surface area contributed by atoms with Crippen LogP contribution < -0.4 is 19.8 Å². The zero-order valence-electron chi connectivity index (χ0n) is 23.0. The normalized spacial score (nSPS) is 12.2. The fourth-order valence-electron chi connectivity index (χ4n) is 4.32. The van der Waals surface area contributed by atoms with Gasteiger partial charge in [0.15, 0.2) is 11.5 Å². The van der Waals surface area contributed by atoms with Crippen molar-refractivity contribution in [1.82, 2.24) is 9.66 Å². The summed E-state index contributed by atoms with van der Waals surface area (Å²) in [6, 6.07) is 16.9. The van der Waals surface area contributed by atoms with Crippen LogP contribution in [0.3, 0.4) is 0 Å². The van der Waals surface area contributed by atoms with E-state index in [1.807, 2.05) is 13.8 Å². The van der Waals surface area contributed by atoms with E-state index >= 15 is 0 Å². The Hall–Kier alpha value is -5.19. The van der Waals surface area contributed by atoms with Crippen molar-refractivity contribution in [2.45, 2.75) is 33.3 Å². The van der Waals surface area contributed by atoms with E-state index in [1.165, 1.54) is 12.3 Å². The van der Waals surface area contributed by atoms with Crippen LogP contribution in [0.5, 0.6) is 17.2 Å². The Morgan fingerprint density at radius 1 is 1.10 bits per heavy atom. The second-order valence-electron chi connectivity index (χ2n) is 9.19. The molecule has 0 fully saturated rings. The number of nitro benzene ring substituents is 1. The summed E-state index contributed by atoms with van der Waals surface area (Å²) in [6.45, 7) is 5.78. The summed E-state index contributed by atoms with van der Waals surface area (Å²) in [5.74, 6) is 1.30. The molecule has 0 bridgehead atoms. The van der Waals surface area contributed by atoms with Crippen LogP contribution >= 0.6 is 0 Å². The van der Waals surface area contributed by atoms with Crippen molar-refractivity contribution in [3.8, 4) is 28.8 Å². The first-order valence-corrected chi connectivity index (χ1v) is 13.1. The Morgan fingerprint density at radius 2 is 1.90 bits per heavy atom. The monoisotopic (exact) mass is 556 g/mol. The summed E-state index contributed by atoms with van der Waals surface area (Å²) < 4.78 is 24.2. The average Bonchev–Trinajstić information content (AvgIpc) is 3.42. The maximum atomic E-state index is 13.6. The van der Waals surface area contributed by atoms with Crippen molar-refractivity contribution in [2.75, 3.05) is 13.7 Å². The smallest absolute Gasteiger partial charge is 0.315 e. The molecular formula is C30H28N4O7. The third-order valence-corrected chi connectivity index (χ3v) is 6.49. The van der Waals surface area contributed by atoms with Crippen molar-refractivity contribution in [3.05, 3.63) is 86.7 Å². The number of fused-ring (bicyclic) bond motifs is 2. The van der Waals surface area contributed by atoms with Crippen LogP contribution in [-0.2, 0) is 0 Å². The standard InChI is InChI=1S/C30H28N4O7/c1-5-18(3)40-28-23(34(36)37)14-19(15-26(28)39-6-2)17-31-33-29(32-22-11-8-7-10-20(22)30(33)35)27-16-21-24(38-4)12-9-13-25(21)41-27/h7-18H,5-6H2,1-4H3/t18-/m0/s1. The minimum absolute atomic E-state index is 0.0461. The molecule has 0 saturated heterocycles. The molecule has 5 rings (SSSR count). The number of hydrogen-bond donors (Lipinski definition) is 0. The molecule has 0 amide bonds. The van der Waals surface area contributed by atoms with Crippen LogP contribution in [0.25, 0.3) is 33.5 Å². The van der Waals surface area contributed by atoms with Gasteiger partial charge in [0.1, 0.15) is 11.3 Å². The Bertz CT molecular complexity index is 1840.